The third kappa shape index (κ3) is 3.44. The number of nitrogens with zero attached hydrogens (tertiary/aromatic N) is 3. The van der Waals surface area contributed by atoms with Crippen molar-refractivity contribution in [1.29, 1.82) is 0 Å². The van der Waals surface area contributed by atoms with Crippen molar-refractivity contribution in [2.45, 2.75) is 6.92 Å². The lowest BCUT2D eigenvalue weighted by molar-refractivity contribution is 1.02. The van der Waals surface area contributed by atoms with Crippen molar-refractivity contribution in [3.63, 3.8) is 0 Å². The molecule has 8 aromatic rings. The van der Waals surface area contributed by atoms with Crippen LogP contribution in [0.3, 0.4) is 0 Å². The summed E-state index contributed by atoms with van der Waals surface area (Å²) in [6.45, 7) is 6.24. The highest BCUT2D eigenvalue weighted by molar-refractivity contribution is 7.21. The lowest BCUT2D eigenvalue weighted by Crippen LogP contribution is -2.03. The second-order valence-electron chi connectivity index (χ2n) is 10.2. The van der Waals surface area contributed by atoms with Crippen LogP contribution in [0.5, 0.6) is 0 Å². The van der Waals surface area contributed by atoms with E-state index in [-0.39, 0.29) is 0 Å². The van der Waals surface area contributed by atoms with Crippen LogP contribution in [-0.2, 0) is 0 Å². The summed E-state index contributed by atoms with van der Waals surface area (Å²) in [5.74, 6) is 0.671. The van der Waals surface area contributed by atoms with Gasteiger partial charge in [-0.15, -0.1) is 11.3 Å². The fourth-order valence-corrected chi connectivity index (χ4v) is 7.39. The Balaban J connectivity index is 1.63. The zero-order valence-electron chi connectivity index (χ0n) is 22.5. The summed E-state index contributed by atoms with van der Waals surface area (Å²) in [5.41, 5.74) is 6.36. The first-order valence-electron chi connectivity index (χ1n) is 13.8. The molecule has 8 rings (SSSR count). The summed E-state index contributed by atoms with van der Waals surface area (Å²) in [4.78, 5) is 11.7. The van der Waals surface area contributed by atoms with E-state index in [0.29, 0.717) is 5.95 Å². The molecule has 0 bridgehead atoms. The van der Waals surface area contributed by atoms with Gasteiger partial charge in [0.15, 0.2) is 0 Å². The molecular formula is C37H25N3S. The Morgan fingerprint density at radius 1 is 0.707 bits per heavy atom. The van der Waals surface area contributed by atoms with Crippen molar-refractivity contribution in [2.75, 3.05) is 0 Å². The molecule has 0 amide bonds. The van der Waals surface area contributed by atoms with Crippen LogP contribution < -0.4 is 0 Å². The van der Waals surface area contributed by atoms with E-state index in [1.54, 1.807) is 0 Å². The number of benzene rings is 5. The van der Waals surface area contributed by atoms with Crippen LogP contribution in [0, 0.1) is 0 Å². The predicted octanol–water partition coefficient (Wildman–Crippen LogP) is 10.4. The van der Waals surface area contributed by atoms with Crippen molar-refractivity contribution in [2.24, 2.45) is 0 Å². The highest BCUT2D eigenvalue weighted by Gasteiger charge is 2.24. The van der Waals surface area contributed by atoms with Crippen molar-refractivity contribution in [3.05, 3.63) is 126 Å². The molecule has 0 saturated carbocycles. The van der Waals surface area contributed by atoms with Gasteiger partial charge in [0.1, 0.15) is 0 Å². The summed E-state index contributed by atoms with van der Waals surface area (Å²) in [6, 6.07) is 36.1. The first-order valence-corrected chi connectivity index (χ1v) is 14.6. The molecule has 0 radical (unpaired) electrons. The largest absolute Gasteiger partial charge is 0.277 e. The molecule has 0 aliphatic heterocycles. The maximum absolute atomic E-state index is 5.31. The molecule has 0 fully saturated rings. The molecule has 41 heavy (non-hydrogen) atoms. The summed E-state index contributed by atoms with van der Waals surface area (Å²) in [7, 11) is 0. The first-order chi connectivity index (χ1) is 20.3. The number of para-hydroxylation sites is 2. The minimum Gasteiger partial charge on any atom is -0.277 e. The molecule has 0 saturated heterocycles. The van der Waals surface area contributed by atoms with E-state index in [4.69, 9.17) is 9.97 Å². The standard InChI is InChI=1S/C37H25N3S/c1-3-14-28-31(4-2)41-36-25-18-9-8-17-24(25)35-32(33(28)36)27-20-11-13-22-30(27)40(35)37-38-29-21-12-10-19-26(29)34(39-37)23-15-6-5-7-16-23/h3-22H,2H2,1H3/b14-3-. The first kappa shape index (κ1) is 23.8. The Hall–Kier alpha value is -5.06. The number of hydrogen-bond acceptors (Lipinski definition) is 3. The van der Waals surface area contributed by atoms with E-state index in [9.17, 15) is 0 Å². The molecule has 0 spiro atoms. The van der Waals surface area contributed by atoms with Crippen LogP contribution in [0.1, 0.15) is 17.4 Å². The van der Waals surface area contributed by atoms with Gasteiger partial charge >= 0.3 is 0 Å². The van der Waals surface area contributed by atoms with Crippen LogP contribution in [0.4, 0.5) is 0 Å². The Kier molecular flexibility index (Phi) is 5.37. The number of allylic oxidation sites excluding steroid dienone is 1. The second-order valence-corrected chi connectivity index (χ2v) is 11.2. The van der Waals surface area contributed by atoms with E-state index in [0.717, 1.165) is 33.2 Å². The molecule has 0 atom stereocenters. The molecule has 4 heteroatoms. The fourth-order valence-electron chi connectivity index (χ4n) is 6.21. The maximum Gasteiger partial charge on any atom is 0.235 e. The summed E-state index contributed by atoms with van der Waals surface area (Å²) in [6.07, 6.45) is 6.32. The maximum atomic E-state index is 5.31. The zero-order valence-corrected chi connectivity index (χ0v) is 23.3. The van der Waals surface area contributed by atoms with Crippen LogP contribution in [-0.4, -0.2) is 14.5 Å². The van der Waals surface area contributed by atoms with Gasteiger partial charge in [-0.1, -0.05) is 116 Å². The SMILES string of the molecule is C=Cc1sc2c3ccccc3c3c(c4ccccc4n3-c3nc(-c4ccccc4)c4ccccc4n3)c2c1/C=C\C. The molecule has 3 nitrogen and oxygen atoms in total. The third-order valence-corrected chi connectivity index (χ3v) is 9.12. The monoisotopic (exact) mass is 543 g/mol. The van der Waals surface area contributed by atoms with E-state index < -0.39 is 0 Å². The second kappa shape index (κ2) is 9.26. The van der Waals surface area contributed by atoms with Gasteiger partial charge in [0.25, 0.3) is 0 Å². The van der Waals surface area contributed by atoms with Crippen molar-refractivity contribution >= 4 is 77.1 Å². The number of aromatic nitrogens is 3. The molecule has 0 aliphatic carbocycles. The van der Waals surface area contributed by atoms with Gasteiger partial charge in [0, 0.05) is 53.0 Å². The van der Waals surface area contributed by atoms with E-state index in [1.165, 1.54) is 42.1 Å². The Labute approximate surface area is 241 Å². The van der Waals surface area contributed by atoms with E-state index in [1.807, 2.05) is 29.5 Å². The molecular weight excluding hydrogens is 518 g/mol. The number of hydrogen-bond donors (Lipinski definition) is 0. The highest BCUT2D eigenvalue weighted by atomic mass is 32.1. The lowest BCUT2D eigenvalue weighted by Gasteiger charge is -2.13. The Morgan fingerprint density at radius 2 is 1.39 bits per heavy atom. The smallest absolute Gasteiger partial charge is 0.235 e. The lowest BCUT2D eigenvalue weighted by atomic mass is 9.98. The summed E-state index contributed by atoms with van der Waals surface area (Å²) in [5, 5.41) is 7.13. The number of rotatable bonds is 4. The summed E-state index contributed by atoms with van der Waals surface area (Å²) >= 11 is 1.81. The molecule has 3 heterocycles. The van der Waals surface area contributed by atoms with E-state index in [2.05, 4.69) is 121 Å². The molecule has 0 unspecified atom stereocenters. The molecule has 3 aromatic heterocycles. The topological polar surface area (TPSA) is 30.7 Å². The summed E-state index contributed by atoms with van der Waals surface area (Å²) < 4.78 is 3.55. The van der Waals surface area contributed by atoms with Gasteiger partial charge in [-0.25, -0.2) is 9.97 Å². The van der Waals surface area contributed by atoms with Gasteiger partial charge in [-0.2, -0.15) is 0 Å². The predicted molar refractivity (Wildman–Crippen MR) is 177 cm³/mol. The number of thiophene rings is 1. The minimum atomic E-state index is 0.671. The van der Waals surface area contributed by atoms with Crippen molar-refractivity contribution in [1.82, 2.24) is 14.5 Å². The highest BCUT2D eigenvalue weighted by Crippen LogP contribution is 2.47. The van der Waals surface area contributed by atoms with Crippen LogP contribution >= 0.6 is 11.3 Å². The molecule has 194 valence electrons. The third-order valence-electron chi connectivity index (χ3n) is 7.88. The molecule has 0 aliphatic rings. The van der Waals surface area contributed by atoms with Crippen LogP contribution in [0.25, 0.3) is 82.9 Å². The van der Waals surface area contributed by atoms with E-state index >= 15 is 0 Å². The molecule has 5 aromatic carbocycles. The van der Waals surface area contributed by atoms with Crippen LogP contribution in [0.15, 0.2) is 116 Å². The van der Waals surface area contributed by atoms with Crippen molar-refractivity contribution in [3.8, 4) is 17.2 Å². The molecule has 0 N–H and O–H groups in total. The van der Waals surface area contributed by atoms with Gasteiger partial charge in [0.05, 0.1) is 22.2 Å². The average Bonchev–Trinajstić information content (AvgIpc) is 3.57. The van der Waals surface area contributed by atoms with Gasteiger partial charge in [-0.05, 0) is 19.1 Å². The average molecular weight is 544 g/mol. The van der Waals surface area contributed by atoms with Gasteiger partial charge < -0.3 is 0 Å². The quantitative estimate of drug-likeness (QED) is 0.221. The number of fused-ring (bicyclic) bond motifs is 9. The van der Waals surface area contributed by atoms with Gasteiger partial charge in [0.2, 0.25) is 5.95 Å². The normalized spacial score (nSPS) is 12.0. The van der Waals surface area contributed by atoms with Crippen LogP contribution in [0.2, 0.25) is 0 Å². The van der Waals surface area contributed by atoms with Gasteiger partial charge in [-0.3, -0.25) is 4.57 Å². The van der Waals surface area contributed by atoms with Crippen molar-refractivity contribution < 1.29 is 0 Å². The fraction of sp³-hybridized carbons (Fsp3) is 0.0270. The minimum absolute atomic E-state index is 0.671. The Bertz CT molecular complexity index is 2340. The Morgan fingerprint density at radius 3 is 2.17 bits per heavy atom. The zero-order chi connectivity index (χ0) is 27.5.